The van der Waals surface area contributed by atoms with Gasteiger partial charge < -0.3 is 19.7 Å². The minimum atomic E-state index is -0.993. The van der Waals surface area contributed by atoms with E-state index in [-0.39, 0.29) is 17.4 Å². The zero-order valence-corrected chi connectivity index (χ0v) is 16.2. The van der Waals surface area contributed by atoms with Gasteiger partial charge in [-0.1, -0.05) is 30.3 Å². The van der Waals surface area contributed by atoms with Crippen LogP contribution in [0.15, 0.2) is 54.6 Å². The molecule has 1 aliphatic heterocycles. The molecule has 1 atom stereocenters. The molecule has 0 saturated carbocycles. The maximum Gasteiger partial charge on any atom is 0.336 e. The molecule has 0 aromatic heterocycles. The van der Waals surface area contributed by atoms with Crippen LogP contribution < -0.4 is 4.74 Å². The average Bonchev–Trinajstić information content (AvgIpc) is 2.76. The van der Waals surface area contributed by atoms with Crippen LogP contribution in [0, 0.1) is 0 Å². The van der Waals surface area contributed by atoms with E-state index in [1.807, 2.05) is 30.3 Å². The number of fused-ring (bicyclic) bond motifs is 1. The molecule has 2 N–H and O–H groups in total. The highest BCUT2D eigenvalue weighted by Crippen LogP contribution is 2.43. The topological polar surface area (TPSA) is 79.2 Å². The van der Waals surface area contributed by atoms with E-state index in [1.165, 1.54) is 0 Å². The molecule has 0 radical (unpaired) electrons. The lowest BCUT2D eigenvalue weighted by atomic mass is 9.89. The van der Waals surface area contributed by atoms with Crippen molar-refractivity contribution in [3.05, 3.63) is 71.3 Å². The van der Waals surface area contributed by atoms with Crippen molar-refractivity contribution in [3.8, 4) is 11.5 Å². The zero-order valence-electron chi connectivity index (χ0n) is 16.2. The molecule has 4 rings (SSSR count). The van der Waals surface area contributed by atoms with Gasteiger partial charge >= 0.3 is 5.97 Å². The number of aromatic carboxylic acids is 1. The number of ether oxygens (including phenoxy) is 2. The van der Waals surface area contributed by atoms with Crippen molar-refractivity contribution in [2.75, 3.05) is 33.4 Å². The molecule has 1 saturated heterocycles. The molecular weight excluding hydrogens is 370 g/mol. The Kier molecular flexibility index (Phi) is 5.38. The molecule has 0 spiro atoms. The quantitative estimate of drug-likeness (QED) is 0.689. The Hall–Kier alpha value is -3.09. The molecular formula is C23H23NO5. The Morgan fingerprint density at radius 3 is 2.52 bits per heavy atom. The summed E-state index contributed by atoms with van der Waals surface area (Å²) in [5, 5.41) is 21.9. The summed E-state index contributed by atoms with van der Waals surface area (Å²) in [7, 11) is 1.63. The number of carbonyl (C=O) groups is 1. The van der Waals surface area contributed by atoms with Crippen molar-refractivity contribution in [1.29, 1.82) is 0 Å². The fraction of sp³-hybridized carbons (Fsp3) is 0.261. The number of carboxylic acids is 1. The average molecular weight is 393 g/mol. The third-order valence-electron chi connectivity index (χ3n) is 5.43. The van der Waals surface area contributed by atoms with Gasteiger partial charge in [-0.2, -0.15) is 0 Å². The number of phenols is 1. The number of nitrogens with zero attached hydrogens (tertiary/aromatic N) is 1. The highest BCUT2D eigenvalue weighted by molar-refractivity contribution is 6.05. The Morgan fingerprint density at radius 1 is 1.03 bits per heavy atom. The molecule has 0 amide bonds. The zero-order chi connectivity index (χ0) is 20.4. The molecule has 1 heterocycles. The van der Waals surface area contributed by atoms with Crippen LogP contribution in [-0.4, -0.2) is 54.5 Å². The first-order valence-corrected chi connectivity index (χ1v) is 9.54. The van der Waals surface area contributed by atoms with E-state index in [2.05, 4.69) is 4.90 Å². The Balaban J connectivity index is 2.00. The second-order valence-electron chi connectivity index (χ2n) is 7.00. The number of aromatic hydroxyl groups is 1. The highest BCUT2D eigenvalue weighted by atomic mass is 16.5. The lowest BCUT2D eigenvalue weighted by Gasteiger charge is -2.36. The fourth-order valence-corrected chi connectivity index (χ4v) is 4.11. The van der Waals surface area contributed by atoms with Crippen molar-refractivity contribution in [2.45, 2.75) is 6.04 Å². The first-order chi connectivity index (χ1) is 14.1. The van der Waals surface area contributed by atoms with Crippen LogP contribution in [0.1, 0.15) is 27.5 Å². The molecule has 6 nitrogen and oxygen atoms in total. The van der Waals surface area contributed by atoms with Gasteiger partial charge in [0.25, 0.3) is 0 Å². The van der Waals surface area contributed by atoms with E-state index in [1.54, 1.807) is 31.4 Å². The first-order valence-electron chi connectivity index (χ1n) is 9.54. The van der Waals surface area contributed by atoms with Crippen LogP contribution in [0.5, 0.6) is 11.5 Å². The predicted octanol–water partition coefficient (Wildman–Crippen LogP) is 3.67. The third-order valence-corrected chi connectivity index (χ3v) is 5.43. The van der Waals surface area contributed by atoms with Crippen LogP contribution in [0.4, 0.5) is 0 Å². The van der Waals surface area contributed by atoms with Crippen LogP contribution in [0.25, 0.3) is 10.8 Å². The van der Waals surface area contributed by atoms with Gasteiger partial charge in [0.2, 0.25) is 0 Å². The maximum atomic E-state index is 11.7. The van der Waals surface area contributed by atoms with Crippen molar-refractivity contribution in [2.24, 2.45) is 0 Å². The smallest absolute Gasteiger partial charge is 0.336 e. The molecule has 29 heavy (non-hydrogen) atoms. The number of hydrogen-bond donors (Lipinski definition) is 2. The van der Waals surface area contributed by atoms with Gasteiger partial charge in [-0.15, -0.1) is 0 Å². The van der Waals surface area contributed by atoms with Gasteiger partial charge in [-0.25, -0.2) is 4.79 Å². The Bertz CT molecular complexity index is 1040. The largest absolute Gasteiger partial charge is 0.508 e. The summed E-state index contributed by atoms with van der Waals surface area (Å²) in [5.74, 6) is -0.148. The van der Waals surface area contributed by atoms with E-state index in [0.29, 0.717) is 42.6 Å². The van der Waals surface area contributed by atoms with Gasteiger partial charge in [0, 0.05) is 24.2 Å². The van der Waals surface area contributed by atoms with E-state index in [0.717, 1.165) is 11.3 Å². The maximum absolute atomic E-state index is 11.7. The van der Waals surface area contributed by atoms with Crippen molar-refractivity contribution in [3.63, 3.8) is 0 Å². The van der Waals surface area contributed by atoms with Gasteiger partial charge in [-0.3, -0.25) is 4.90 Å². The number of para-hydroxylation sites is 1. The number of benzene rings is 3. The molecule has 150 valence electrons. The normalized spacial score (nSPS) is 15.9. The Morgan fingerprint density at radius 2 is 1.79 bits per heavy atom. The van der Waals surface area contributed by atoms with Crippen LogP contribution in [-0.2, 0) is 4.74 Å². The van der Waals surface area contributed by atoms with Crippen molar-refractivity contribution in [1.82, 2.24) is 4.90 Å². The van der Waals surface area contributed by atoms with Gasteiger partial charge in [0.05, 0.1) is 31.9 Å². The number of carboxylic acid groups (broad SMARTS) is 1. The standard InChI is InChI=1S/C23H23NO5/c1-28-20-8-3-2-5-18(20)22(24-11-13-29-14-12-24)21-16-6-4-7-17(23(26)27)15(16)9-10-19(21)25/h2-10,22,25H,11-14H2,1H3,(H,26,27). The number of phenolic OH excluding ortho intramolecular Hbond substituents is 1. The molecule has 1 unspecified atom stereocenters. The van der Waals surface area contributed by atoms with E-state index < -0.39 is 5.97 Å². The van der Waals surface area contributed by atoms with Crippen molar-refractivity contribution >= 4 is 16.7 Å². The van der Waals surface area contributed by atoms with Crippen LogP contribution in [0.2, 0.25) is 0 Å². The lowest BCUT2D eigenvalue weighted by molar-refractivity contribution is 0.0234. The van der Waals surface area contributed by atoms with Crippen LogP contribution in [0.3, 0.4) is 0 Å². The lowest BCUT2D eigenvalue weighted by Crippen LogP contribution is -2.39. The number of hydrogen-bond acceptors (Lipinski definition) is 5. The monoisotopic (exact) mass is 393 g/mol. The molecule has 0 bridgehead atoms. The van der Waals surface area contributed by atoms with Gasteiger partial charge in [0.1, 0.15) is 11.5 Å². The summed E-state index contributed by atoms with van der Waals surface area (Å²) in [6, 6.07) is 15.8. The predicted molar refractivity (Wildman–Crippen MR) is 110 cm³/mol. The summed E-state index contributed by atoms with van der Waals surface area (Å²) in [6.45, 7) is 2.57. The van der Waals surface area contributed by atoms with E-state index >= 15 is 0 Å². The van der Waals surface area contributed by atoms with Crippen molar-refractivity contribution < 1.29 is 24.5 Å². The minimum absolute atomic E-state index is 0.127. The molecule has 3 aromatic carbocycles. The minimum Gasteiger partial charge on any atom is -0.508 e. The number of rotatable bonds is 5. The Labute approximate surface area is 168 Å². The van der Waals surface area contributed by atoms with E-state index in [9.17, 15) is 15.0 Å². The molecule has 3 aromatic rings. The molecule has 6 heteroatoms. The summed E-state index contributed by atoms with van der Waals surface area (Å²) in [5.41, 5.74) is 1.81. The first kappa shape index (κ1) is 19.2. The molecule has 0 aliphatic carbocycles. The van der Waals surface area contributed by atoms with Gasteiger partial charge in [-0.05, 0) is 35.0 Å². The second-order valence-corrected chi connectivity index (χ2v) is 7.00. The van der Waals surface area contributed by atoms with Gasteiger partial charge in [0.15, 0.2) is 0 Å². The summed E-state index contributed by atoms with van der Waals surface area (Å²) >= 11 is 0. The SMILES string of the molecule is COc1ccccc1C(c1c(O)ccc2c(C(=O)O)cccc12)N1CCOCC1. The van der Waals surface area contributed by atoms with Crippen LogP contribution >= 0.6 is 0 Å². The molecule has 1 aliphatic rings. The second kappa shape index (κ2) is 8.11. The summed E-state index contributed by atoms with van der Waals surface area (Å²) in [4.78, 5) is 14.0. The molecule has 1 fully saturated rings. The number of methoxy groups -OCH3 is 1. The summed E-state index contributed by atoms with van der Waals surface area (Å²) in [6.07, 6.45) is 0. The number of morpholine rings is 1. The third kappa shape index (κ3) is 3.52. The van der Waals surface area contributed by atoms with E-state index in [4.69, 9.17) is 9.47 Å². The highest BCUT2D eigenvalue weighted by Gasteiger charge is 2.30. The fourth-order valence-electron chi connectivity index (χ4n) is 4.11. The summed E-state index contributed by atoms with van der Waals surface area (Å²) < 4.78 is 11.2.